The lowest BCUT2D eigenvalue weighted by atomic mass is 10.1. The van der Waals surface area contributed by atoms with Crippen molar-refractivity contribution in [3.05, 3.63) is 47.2 Å². The first-order valence-corrected chi connectivity index (χ1v) is 8.25. The van der Waals surface area contributed by atoms with E-state index in [2.05, 4.69) is 27.4 Å². The van der Waals surface area contributed by atoms with Gasteiger partial charge < -0.3 is 5.32 Å². The van der Waals surface area contributed by atoms with E-state index in [-0.39, 0.29) is 5.91 Å². The molecule has 1 aromatic carbocycles. The Balaban J connectivity index is 1.62. The van der Waals surface area contributed by atoms with Gasteiger partial charge in [0.25, 0.3) is 5.91 Å². The van der Waals surface area contributed by atoms with E-state index in [1.165, 1.54) is 37.9 Å². The van der Waals surface area contributed by atoms with Crippen LogP contribution in [0.4, 0.5) is 5.82 Å². The first-order chi connectivity index (χ1) is 11.1. The fourth-order valence-electron chi connectivity index (χ4n) is 3.05. The lowest BCUT2D eigenvalue weighted by Crippen LogP contribution is -2.29. The van der Waals surface area contributed by atoms with Crippen LogP contribution < -0.4 is 5.32 Å². The Morgan fingerprint density at radius 2 is 1.87 bits per heavy atom. The van der Waals surface area contributed by atoms with Crippen LogP contribution in [0.5, 0.6) is 0 Å². The monoisotopic (exact) mass is 312 g/mol. The van der Waals surface area contributed by atoms with Crippen LogP contribution in [0.2, 0.25) is 0 Å². The summed E-state index contributed by atoms with van der Waals surface area (Å²) >= 11 is 0. The van der Waals surface area contributed by atoms with Gasteiger partial charge >= 0.3 is 0 Å². The Labute approximate surface area is 137 Å². The molecule has 0 unspecified atom stereocenters. The molecule has 1 fully saturated rings. The summed E-state index contributed by atoms with van der Waals surface area (Å²) in [6, 6.07) is 9.77. The Hall–Kier alpha value is -2.14. The predicted molar refractivity (Wildman–Crippen MR) is 91.5 cm³/mol. The van der Waals surface area contributed by atoms with E-state index in [1.54, 1.807) is 4.68 Å². The first kappa shape index (κ1) is 15.7. The fraction of sp³-hybridized carbons (Fsp3) is 0.444. The van der Waals surface area contributed by atoms with Gasteiger partial charge in [0.2, 0.25) is 0 Å². The van der Waals surface area contributed by atoms with Gasteiger partial charge in [0.05, 0.1) is 5.69 Å². The minimum absolute atomic E-state index is 0.0995. The number of benzene rings is 1. The van der Waals surface area contributed by atoms with E-state index in [1.807, 2.05) is 32.2 Å². The lowest BCUT2D eigenvalue weighted by Gasteiger charge is -2.26. The number of hydrogen-bond acceptors (Lipinski definition) is 3. The smallest absolute Gasteiger partial charge is 0.256 e. The largest absolute Gasteiger partial charge is 0.307 e. The molecule has 23 heavy (non-hydrogen) atoms. The molecule has 0 radical (unpaired) electrons. The summed E-state index contributed by atoms with van der Waals surface area (Å²) in [6.07, 6.45) is 3.94. The number of carbonyl (C=O) groups is 1. The van der Waals surface area contributed by atoms with E-state index >= 15 is 0 Å². The van der Waals surface area contributed by atoms with Gasteiger partial charge in [-0.25, -0.2) is 0 Å². The maximum absolute atomic E-state index is 12.3. The van der Waals surface area contributed by atoms with Gasteiger partial charge in [-0.1, -0.05) is 18.6 Å². The Morgan fingerprint density at radius 3 is 2.48 bits per heavy atom. The second-order valence-corrected chi connectivity index (χ2v) is 6.28. The summed E-state index contributed by atoms with van der Waals surface area (Å²) in [7, 11) is 1.82. The molecule has 0 bridgehead atoms. The molecule has 1 amide bonds. The first-order valence-electron chi connectivity index (χ1n) is 8.25. The molecule has 0 spiro atoms. The molecule has 0 aliphatic carbocycles. The van der Waals surface area contributed by atoms with Gasteiger partial charge in [0.15, 0.2) is 0 Å². The van der Waals surface area contributed by atoms with Crippen LogP contribution >= 0.6 is 0 Å². The molecule has 0 atom stereocenters. The Bertz CT molecular complexity index is 669. The van der Waals surface area contributed by atoms with Crippen LogP contribution in [0.25, 0.3) is 0 Å². The molecule has 1 aliphatic rings. The summed E-state index contributed by atoms with van der Waals surface area (Å²) in [5.74, 6) is 0.613. The van der Waals surface area contributed by atoms with Gasteiger partial charge in [0.1, 0.15) is 5.82 Å². The Kier molecular flexibility index (Phi) is 4.76. The summed E-state index contributed by atoms with van der Waals surface area (Å²) in [4.78, 5) is 14.8. The van der Waals surface area contributed by atoms with Gasteiger partial charge in [-0.05, 0) is 50.6 Å². The zero-order valence-electron chi connectivity index (χ0n) is 13.9. The zero-order chi connectivity index (χ0) is 16.2. The highest BCUT2D eigenvalue weighted by atomic mass is 16.1. The van der Waals surface area contributed by atoms with Crippen molar-refractivity contribution in [1.29, 1.82) is 0 Å². The van der Waals surface area contributed by atoms with Crippen LogP contribution in [0, 0.1) is 6.92 Å². The molecule has 5 heteroatoms. The number of anilines is 1. The van der Waals surface area contributed by atoms with E-state index in [0.717, 1.165) is 12.2 Å². The second-order valence-electron chi connectivity index (χ2n) is 6.28. The van der Waals surface area contributed by atoms with Crippen molar-refractivity contribution in [1.82, 2.24) is 14.7 Å². The molecule has 1 saturated heterocycles. The molecule has 122 valence electrons. The normalized spacial score (nSPS) is 15.6. The third kappa shape index (κ3) is 3.99. The van der Waals surface area contributed by atoms with Crippen LogP contribution in [0.3, 0.4) is 0 Å². The minimum atomic E-state index is -0.0995. The van der Waals surface area contributed by atoms with Crippen LogP contribution in [-0.2, 0) is 13.6 Å². The van der Waals surface area contributed by atoms with Crippen molar-refractivity contribution >= 4 is 11.7 Å². The third-order valence-corrected chi connectivity index (χ3v) is 4.31. The highest BCUT2D eigenvalue weighted by Gasteiger charge is 2.12. The summed E-state index contributed by atoms with van der Waals surface area (Å²) in [5, 5.41) is 7.13. The number of amides is 1. The average Bonchev–Trinajstić information content (AvgIpc) is 2.86. The molecule has 2 heterocycles. The van der Waals surface area contributed by atoms with E-state index in [4.69, 9.17) is 0 Å². The van der Waals surface area contributed by atoms with Crippen molar-refractivity contribution in [2.75, 3.05) is 18.4 Å². The molecular formula is C18H24N4O. The number of likely N-dealkylation sites (tertiary alicyclic amines) is 1. The van der Waals surface area contributed by atoms with Crippen molar-refractivity contribution < 1.29 is 4.79 Å². The van der Waals surface area contributed by atoms with Crippen LogP contribution in [-0.4, -0.2) is 33.7 Å². The highest BCUT2D eigenvalue weighted by Crippen LogP contribution is 2.15. The number of nitrogens with zero attached hydrogens (tertiary/aromatic N) is 3. The van der Waals surface area contributed by atoms with Crippen molar-refractivity contribution in [2.24, 2.45) is 7.05 Å². The standard InChI is InChI=1S/C18H24N4O/c1-14-12-17(21(2)20-14)19-18(23)16-8-6-15(7-9-16)13-22-10-4-3-5-11-22/h6-9,12H,3-5,10-11,13H2,1-2H3,(H,19,23). The number of rotatable bonds is 4. The second kappa shape index (κ2) is 6.96. The maximum atomic E-state index is 12.3. The van der Waals surface area contributed by atoms with Crippen LogP contribution in [0.15, 0.2) is 30.3 Å². The average molecular weight is 312 g/mol. The number of carbonyl (C=O) groups excluding carboxylic acids is 1. The molecule has 5 nitrogen and oxygen atoms in total. The number of aromatic nitrogens is 2. The molecule has 2 aromatic rings. The lowest BCUT2D eigenvalue weighted by molar-refractivity contribution is 0.102. The molecule has 0 saturated carbocycles. The molecule has 1 aromatic heterocycles. The summed E-state index contributed by atoms with van der Waals surface area (Å²) in [5.41, 5.74) is 2.82. The van der Waals surface area contributed by atoms with Gasteiger partial charge in [-0.3, -0.25) is 14.4 Å². The number of piperidine rings is 1. The minimum Gasteiger partial charge on any atom is -0.307 e. The number of aryl methyl sites for hydroxylation is 2. The summed E-state index contributed by atoms with van der Waals surface area (Å²) < 4.78 is 1.68. The highest BCUT2D eigenvalue weighted by molar-refractivity contribution is 6.03. The van der Waals surface area contributed by atoms with Crippen LogP contribution in [0.1, 0.15) is 40.9 Å². The molecule has 1 N–H and O–H groups in total. The third-order valence-electron chi connectivity index (χ3n) is 4.31. The van der Waals surface area contributed by atoms with Gasteiger partial charge in [0, 0.05) is 25.2 Å². The number of hydrogen-bond donors (Lipinski definition) is 1. The fourth-order valence-corrected chi connectivity index (χ4v) is 3.05. The topological polar surface area (TPSA) is 50.2 Å². The van der Waals surface area contributed by atoms with Crippen molar-refractivity contribution in [3.8, 4) is 0 Å². The molecule has 1 aliphatic heterocycles. The van der Waals surface area contributed by atoms with Gasteiger partial charge in [-0.15, -0.1) is 0 Å². The van der Waals surface area contributed by atoms with E-state index < -0.39 is 0 Å². The van der Waals surface area contributed by atoms with Crippen molar-refractivity contribution in [3.63, 3.8) is 0 Å². The van der Waals surface area contributed by atoms with Gasteiger partial charge in [-0.2, -0.15) is 5.10 Å². The molecular weight excluding hydrogens is 288 g/mol. The number of nitrogens with one attached hydrogen (secondary N) is 1. The maximum Gasteiger partial charge on any atom is 0.256 e. The predicted octanol–water partition coefficient (Wildman–Crippen LogP) is 2.97. The van der Waals surface area contributed by atoms with E-state index in [9.17, 15) is 4.79 Å². The van der Waals surface area contributed by atoms with E-state index in [0.29, 0.717) is 11.4 Å². The Morgan fingerprint density at radius 1 is 1.17 bits per heavy atom. The molecule has 3 rings (SSSR count). The summed E-state index contributed by atoms with van der Waals surface area (Å²) in [6.45, 7) is 5.25. The van der Waals surface area contributed by atoms with Crippen molar-refractivity contribution in [2.45, 2.75) is 32.7 Å². The quantitative estimate of drug-likeness (QED) is 0.944. The SMILES string of the molecule is Cc1cc(NC(=O)c2ccc(CN3CCCCC3)cc2)n(C)n1. The zero-order valence-corrected chi connectivity index (χ0v) is 13.9.